The van der Waals surface area contributed by atoms with Crippen molar-refractivity contribution in [1.29, 1.82) is 0 Å². The summed E-state index contributed by atoms with van der Waals surface area (Å²) in [5, 5.41) is 3.13. The minimum absolute atomic E-state index is 0.00629. The van der Waals surface area contributed by atoms with Crippen LogP contribution in [0.1, 0.15) is 12.0 Å². The maximum absolute atomic E-state index is 12.2. The fraction of sp³-hybridized carbons (Fsp3) is 0.455. The van der Waals surface area contributed by atoms with Crippen LogP contribution in [0.25, 0.3) is 0 Å². The summed E-state index contributed by atoms with van der Waals surface area (Å²) in [4.78, 5) is 0.301. The SMILES string of the molecule is Cc1ccc(S(=O)(=O)N[C@@H]2CCNC2)c(Br)c1. The number of hydrogen-bond acceptors (Lipinski definition) is 3. The molecule has 1 aromatic carbocycles. The van der Waals surface area contributed by atoms with E-state index in [9.17, 15) is 8.42 Å². The van der Waals surface area contributed by atoms with Gasteiger partial charge in [0.05, 0.1) is 4.90 Å². The second-order valence-corrected chi connectivity index (χ2v) is 6.78. The third-order valence-electron chi connectivity index (χ3n) is 2.76. The van der Waals surface area contributed by atoms with Gasteiger partial charge in [0.2, 0.25) is 10.0 Å². The maximum Gasteiger partial charge on any atom is 0.241 e. The predicted molar refractivity (Wildman–Crippen MR) is 70.5 cm³/mol. The highest BCUT2D eigenvalue weighted by Crippen LogP contribution is 2.23. The number of aryl methyl sites for hydroxylation is 1. The minimum atomic E-state index is -3.43. The first-order valence-electron chi connectivity index (χ1n) is 5.48. The van der Waals surface area contributed by atoms with Crippen molar-refractivity contribution in [3.63, 3.8) is 0 Å². The van der Waals surface area contributed by atoms with E-state index in [1.54, 1.807) is 12.1 Å². The summed E-state index contributed by atoms with van der Waals surface area (Å²) < 4.78 is 27.6. The van der Waals surface area contributed by atoms with Gasteiger partial charge in [-0.15, -0.1) is 0 Å². The Balaban J connectivity index is 2.24. The van der Waals surface area contributed by atoms with Crippen molar-refractivity contribution >= 4 is 26.0 Å². The molecule has 0 aliphatic carbocycles. The predicted octanol–water partition coefficient (Wildman–Crippen LogP) is 1.40. The normalized spacial score (nSPS) is 20.7. The highest BCUT2D eigenvalue weighted by Gasteiger charge is 2.24. The Hall–Kier alpha value is -0.430. The highest BCUT2D eigenvalue weighted by molar-refractivity contribution is 9.10. The molecular weight excluding hydrogens is 304 g/mol. The Morgan fingerprint density at radius 2 is 2.24 bits per heavy atom. The lowest BCUT2D eigenvalue weighted by Crippen LogP contribution is -2.36. The van der Waals surface area contributed by atoms with E-state index in [0.717, 1.165) is 18.5 Å². The van der Waals surface area contributed by atoms with Gasteiger partial charge in [0.15, 0.2) is 0 Å². The highest BCUT2D eigenvalue weighted by atomic mass is 79.9. The van der Waals surface area contributed by atoms with Crippen LogP contribution in [0.4, 0.5) is 0 Å². The Kier molecular flexibility index (Phi) is 3.87. The number of hydrogen-bond donors (Lipinski definition) is 2. The van der Waals surface area contributed by atoms with Gasteiger partial charge in [0, 0.05) is 17.1 Å². The molecule has 1 heterocycles. The molecule has 1 saturated heterocycles. The van der Waals surface area contributed by atoms with E-state index in [1.165, 1.54) is 0 Å². The molecule has 1 aliphatic heterocycles. The molecule has 2 rings (SSSR count). The molecule has 1 aromatic rings. The Bertz CT molecular complexity index is 510. The largest absolute Gasteiger partial charge is 0.315 e. The average Bonchev–Trinajstić information content (AvgIpc) is 2.68. The van der Waals surface area contributed by atoms with Crippen LogP contribution < -0.4 is 10.0 Å². The lowest BCUT2D eigenvalue weighted by Gasteiger charge is -2.13. The Morgan fingerprint density at radius 3 is 2.82 bits per heavy atom. The summed E-state index contributed by atoms with van der Waals surface area (Å²) in [5.74, 6) is 0. The van der Waals surface area contributed by atoms with Crippen LogP contribution in [0.3, 0.4) is 0 Å². The van der Waals surface area contributed by atoms with Crippen molar-refractivity contribution in [3.8, 4) is 0 Å². The first-order chi connectivity index (χ1) is 7.99. The van der Waals surface area contributed by atoms with E-state index in [-0.39, 0.29) is 6.04 Å². The zero-order valence-corrected chi connectivity index (χ0v) is 11.9. The second kappa shape index (κ2) is 5.06. The molecule has 0 spiro atoms. The minimum Gasteiger partial charge on any atom is -0.315 e. The molecule has 2 N–H and O–H groups in total. The van der Waals surface area contributed by atoms with E-state index in [2.05, 4.69) is 26.0 Å². The van der Waals surface area contributed by atoms with Gasteiger partial charge >= 0.3 is 0 Å². The van der Waals surface area contributed by atoms with E-state index in [1.807, 2.05) is 13.0 Å². The molecule has 0 unspecified atom stereocenters. The number of benzene rings is 1. The first-order valence-corrected chi connectivity index (χ1v) is 7.76. The third kappa shape index (κ3) is 3.07. The number of sulfonamides is 1. The maximum atomic E-state index is 12.2. The van der Waals surface area contributed by atoms with Crippen LogP contribution >= 0.6 is 15.9 Å². The van der Waals surface area contributed by atoms with Crippen LogP contribution in [0.5, 0.6) is 0 Å². The smallest absolute Gasteiger partial charge is 0.241 e. The van der Waals surface area contributed by atoms with Crippen LogP contribution in [0, 0.1) is 6.92 Å². The summed E-state index contributed by atoms with van der Waals surface area (Å²) >= 11 is 3.30. The van der Waals surface area contributed by atoms with Crippen LogP contribution in [0.15, 0.2) is 27.6 Å². The zero-order valence-electron chi connectivity index (χ0n) is 9.53. The molecule has 0 saturated carbocycles. The molecule has 0 aromatic heterocycles. The molecule has 17 heavy (non-hydrogen) atoms. The monoisotopic (exact) mass is 318 g/mol. The van der Waals surface area contributed by atoms with Gasteiger partial charge in [-0.25, -0.2) is 13.1 Å². The quantitative estimate of drug-likeness (QED) is 0.885. The van der Waals surface area contributed by atoms with E-state index < -0.39 is 10.0 Å². The van der Waals surface area contributed by atoms with Crippen molar-refractivity contribution in [2.24, 2.45) is 0 Å². The van der Waals surface area contributed by atoms with Crippen molar-refractivity contribution in [2.75, 3.05) is 13.1 Å². The lowest BCUT2D eigenvalue weighted by atomic mass is 10.2. The number of rotatable bonds is 3. The molecule has 1 atom stereocenters. The van der Waals surface area contributed by atoms with Gasteiger partial charge in [0.25, 0.3) is 0 Å². The van der Waals surface area contributed by atoms with Gasteiger partial charge < -0.3 is 5.32 Å². The lowest BCUT2D eigenvalue weighted by molar-refractivity contribution is 0.559. The standard InChI is InChI=1S/C11H15BrN2O2S/c1-8-2-3-11(10(12)6-8)17(15,16)14-9-4-5-13-7-9/h2-3,6,9,13-14H,4-5,7H2,1H3/t9-/m1/s1. The van der Waals surface area contributed by atoms with Gasteiger partial charge in [-0.1, -0.05) is 6.07 Å². The topological polar surface area (TPSA) is 58.2 Å². The van der Waals surface area contributed by atoms with Gasteiger partial charge in [-0.05, 0) is 53.5 Å². The molecule has 0 radical (unpaired) electrons. The molecular formula is C11H15BrN2O2S. The van der Waals surface area contributed by atoms with Crippen molar-refractivity contribution < 1.29 is 8.42 Å². The molecule has 1 aliphatic rings. The fourth-order valence-corrected chi connectivity index (χ4v) is 4.32. The summed E-state index contributed by atoms with van der Waals surface area (Å²) in [6.45, 7) is 3.49. The average molecular weight is 319 g/mol. The van der Waals surface area contributed by atoms with E-state index >= 15 is 0 Å². The molecule has 6 heteroatoms. The van der Waals surface area contributed by atoms with E-state index in [4.69, 9.17) is 0 Å². The Morgan fingerprint density at radius 1 is 1.47 bits per heavy atom. The van der Waals surface area contributed by atoms with Crippen LogP contribution in [-0.2, 0) is 10.0 Å². The van der Waals surface area contributed by atoms with Crippen LogP contribution in [0.2, 0.25) is 0 Å². The molecule has 1 fully saturated rings. The third-order valence-corrected chi connectivity index (χ3v) is 5.26. The summed E-state index contributed by atoms with van der Waals surface area (Å²) in [7, 11) is -3.43. The van der Waals surface area contributed by atoms with E-state index in [0.29, 0.717) is 15.9 Å². The Labute approximate surface area is 110 Å². The van der Waals surface area contributed by atoms with Crippen LogP contribution in [-0.4, -0.2) is 27.5 Å². The van der Waals surface area contributed by atoms with Crippen molar-refractivity contribution in [3.05, 3.63) is 28.2 Å². The summed E-state index contributed by atoms with van der Waals surface area (Å²) in [6, 6.07) is 5.23. The zero-order chi connectivity index (χ0) is 12.5. The molecule has 4 nitrogen and oxygen atoms in total. The van der Waals surface area contributed by atoms with Crippen molar-refractivity contribution in [1.82, 2.24) is 10.0 Å². The molecule has 0 amide bonds. The summed E-state index contributed by atoms with van der Waals surface area (Å²) in [6.07, 6.45) is 0.836. The van der Waals surface area contributed by atoms with Gasteiger partial charge in [-0.3, -0.25) is 0 Å². The fourth-order valence-electron chi connectivity index (χ4n) is 1.86. The molecule has 94 valence electrons. The second-order valence-electron chi connectivity index (χ2n) is 4.24. The van der Waals surface area contributed by atoms with Gasteiger partial charge in [0.1, 0.15) is 0 Å². The number of halogens is 1. The number of nitrogens with one attached hydrogen (secondary N) is 2. The molecule has 0 bridgehead atoms. The van der Waals surface area contributed by atoms with Crippen molar-refractivity contribution in [2.45, 2.75) is 24.3 Å². The van der Waals surface area contributed by atoms with Gasteiger partial charge in [-0.2, -0.15) is 0 Å². The first kappa shape index (κ1) is 13.0. The summed E-state index contributed by atoms with van der Waals surface area (Å²) in [5.41, 5.74) is 1.03.